The minimum absolute atomic E-state index is 0.0379. The predicted octanol–water partition coefficient (Wildman–Crippen LogP) is 4.45. The average molecular weight is 394 g/mol. The highest BCUT2D eigenvalue weighted by molar-refractivity contribution is 7.13. The van der Waals surface area contributed by atoms with Gasteiger partial charge in [-0.15, -0.1) is 11.3 Å². The highest BCUT2D eigenvalue weighted by atomic mass is 32.1. The number of anilines is 1. The lowest BCUT2D eigenvalue weighted by atomic mass is 10.1. The van der Waals surface area contributed by atoms with E-state index in [1.165, 1.54) is 16.2 Å². The van der Waals surface area contributed by atoms with Crippen molar-refractivity contribution in [3.8, 4) is 10.6 Å². The fourth-order valence-electron chi connectivity index (χ4n) is 3.12. The van der Waals surface area contributed by atoms with Crippen LogP contribution >= 0.6 is 11.3 Å². The SMILES string of the molecule is Cc1cc(C)c(NC(=O)CN(C)C(=O)c2csc(-c3ccccc3)n2)c(C)c1. The van der Waals surface area contributed by atoms with Gasteiger partial charge < -0.3 is 10.2 Å². The molecule has 3 rings (SSSR count). The summed E-state index contributed by atoms with van der Waals surface area (Å²) in [5.41, 5.74) is 5.28. The maximum Gasteiger partial charge on any atom is 0.273 e. The molecule has 0 radical (unpaired) electrons. The van der Waals surface area contributed by atoms with Gasteiger partial charge >= 0.3 is 0 Å². The topological polar surface area (TPSA) is 62.3 Å². The molecule has 0 atom stereocenters. The molecule has 2 aromatic carbocycles. The molecule has 0 saturated carbocycles. The van der Waals surface area contributed by atoms with Crippen LogP contribution in [0.15, 0.2) is 47.8 Å². The van der Waals surface area contributed by atoms with Crippen LogP contribution in [0.5, 0.6) is 0 Å². The van der Waals surface area contributed by atoms with Gasteiger partial charge in [-0.2, -0.15) is 0 Å². The molecule has 144 valence electrons. The molecule has 0 unspecified atom stereocenters. The first kappa shape index (κ1) is 19.8. The number of carbonyl (C=O) groups is 2. The molecule has 0 aliphatic carbocycles. The van der Waals surface area contributed by atoms with E-state index in [1.54, 1.807) is 12.4 Å². The van der Waals surface area contributed by atoms with Crippen molar-refractivity contribution in [3.63, 3.8) is 0 Å². The molecule has 0 spiro atoms. The summed E-state index contributed by atoms with van der Waals surface area (Å²) in [6.45, 7) is 5.91. The Labute approximate surface area is 169 Å². The highest BCUT2D eigenvalue weighted by Crippen LogP contribution is 2.24. The van der Waals surface area contributed by atoms with Gasteiger partial charge in [-0.05, 0) is 31.9 Å². The zero-order chi connectivity index (χ0) is 20.3. The van der Waals surface area contributed by atoms with Gasteiger partial charge in [-0.3, -0.25) is 9.59 Å². The Bertz CT molecular complexity index is 989. The maximum absolute atomic E-state index is 12.6. The molecule has 0 saturated heterocycles. The van der Waals surface area contributed by atoms with Crippen molar-refractivity contribution in [1.29, 1.82) is 0 Å². The number of nitrogens with one attached hydrogen (secondary N) is 1. The zero-order valence-electron chi connectivity index (χ0n) is 16.4. The fraction of sp³-hybridized carbons (Fsp3) is 0.227. The lowest BCUT2D eigenvalue weighted by molar-refractivity contribution is -0.116. The van der Waals surface area contributed by atoms with E-state index < -0.39 is 0 Å². The third-order valence-corrected chi connectivity index (χ3v) is 5.30. The number of carbonyl (C=O) groups excluding carboxylic acids is 2. The largest absolute Gasteiger partial charge is 0.331 e. The number of thiazole rings is 1. The lowest BCUT2D eigenvalue weighted by Crippen LogP contribution is -2.35. The molecular formula is C22H23N3O2S. The molecule has 0 aliphatic heterocycles. The summed E-state index contributed by atoms with van der Waals surface area (Å²) in [6, 6.07) is 13.8. The summed E-state index contributed by atoms with van der Waals surface area (Å²) in [7, 11) is 1.61. The van der Waals surface area contributed by atoms with E-state index in [9.17, 15) is 9.59 Å². The van der Waals surface area contributed by atoms with Crippen molar-refractivity contribution >= 4 is 28.8 Å². The van der Waals surface area contributed by atoms with Crippen molar-refractivity contribution < 1.29 is 9.59 Å². The van der Waals surface area contributed by atoms with Gasteiger partial charge in [0.05, 0.1) is 6.54 Å². The van der Waals surface area contributed by atoms with Gasteiger partial charge in [0.2, 0.25) is 5.91 Å². The number of hydrogen-bond donors (Lipinski definition) is 1. The van der Waals surface area contributed by atoms with Gasteiger partial charge in [0.15, 0.2) is 0 Å². The van der Waals surface area contributed by atoms with Gasteiger partial charge in [0.1, 0.15) is 10.7 Å². The fourth-order valence-corrected chi connectivity index (χ4v) is 3.92. The van der Waals surface area contributed by atoms with E-state index in [0.29, 0.717) is 5.69 Å². The first-order valence-corrected chi connectivity index (χ1v) is 9.87. The second kappa shape index (κ2) is 8.35. The van der Waals surface area contributed by atoms with E-state index in [0.717, 1.165) is 32.9 Å². The Kier molecular flexibility index (Phi) is 5.90. The number of benzene rings is 2. The van der Waals surface area contributed by atoms with Crippen molar-refractivity contribution in [2.45, 2.75) is 20.8 Å². The molecular weight excluding hydrogens is 370 g/mol. The molecule has 6 heteroatoms. The first-order chi connectivity index (χ1) is 13.3. The molecule has 1 aromatic heterocycles. The van der Waals surface area contributed by atoms with Crippen LogP contribution in [0.25, 0.3) is 10.6 Å². The summed E-state index contributed by atoms with van der Waals surface area (Å²) in [6.07, 6.45) is 0. The highest BCUT2D eigenvalue weighted by Gasteiger charge is 2.19. The maximum atomic E-state index is 12.6. The van der Waals surface area contributed by atoms with Gasteiger partial charge in [-0.1, -0.05) is 48.0 Å². The molecule has 0 aliphatic rings. The van der Waals surface area contributed by atoms with Crippen LogP contribution in [0.3, 0.4) is 0 Å². The molecule has 0 fully saturated rings. The summed E-state index contributed by atoms with van der Waals surface area (Å²) in [5, 5.41) is 5.44. The van der Waals surface area contributed by atoms with Crippen LogP contribution < -0.4 is 5.32 Å². The third-order valence-electron chi connectivity index (χ3n) is 4.41. The summed E-state index contributed by atoms with van der Waals surface area (Å²) < 4.78 is 0. The number of aryl methyl sites for hydroxylation is 3. The first-order valence-electron chi connectivity index (χ1n) is 8.99. The number of amides is 2. The third kappa shape index (κ3) is 4.46. The molecule has 3 aromatic rings. The number of nitrogens with zero attached hydrogens (tertiary/aromatic N) is 2. The average Bonchev–Trinajstić information content (AvgIpc) is 3.15. The Balaban J connectivity index is 1.66. The van der Waals surface area contributed by atoms with Crippen LogP contribution in [-0.2, 0) is 4.79 Å². The molecule has 1 N–H and O–H groups in total. The van der Waals surface area contributed by atoms with Crippen LogP contribution in [0.2, 0.25) is 0 Å². The number of hydrogen-bond acceptors (Lipinski definition) is 4. The van der Waals surface area contributed by atoms with Crippen molar-refractivity contribution in [1.82, 2.24) is 9.88 Å². The van der Waals surface area contributed by atoms with E-state index in [-0.39, 0.29) is 18.4 Å². The van der Waals surface area contributed by atoms with Crippen LogP contribution in [0.4, 0.5) is 5.69 Å². The Morgan fingerprint density at radius 1 is 1.07 bits per heavy atom. The van der Waals surface area contributed by atoms with Crippen LogP contribution in [-0.4, -0.2) is 35.3 Å². The van der Waals surface area contributed by atoms with Gasteiger partial charge in [0, 0.05) is 23.7 Å². The molecule has 5 nitrogen and oxygen atoms in total. The standard InChI is InChI=1S/C22H23N3O2S/c1-14-10-15(2)20(16(3)11-14)24-19(26)12-25(4)22(27)18-13-28-21(23-18)17-8-6-5-7-9-17/h5-11,13H,12H2,1-4H3,(H,24,26). The number of likely N-dealkylation sites (N-methyl/N-ethyl adjacent to an activating group) is 1. The van der Waals surface area contributed by atoms with Crippen molar-refractivity contribution in [3.05, 3.63) is 70.2 Å². The molecule has 1 heterocycles. The van der Waals surface area contributed by atoms with E-state index >= 15 is 0 Å². The number of aromatic nitrogens is 1. The normalized spacial score (nSPS) is 10.6. The second-order valence-electron chi connectivity index (χ2n) is 6.89. The lowest BCUT2D eigenvalue weighted by Gasteiger charge is -2.17. The predicted molar refractivity (Wildman–Crippen MR) is 114 cm³/mol. The van der Waals surface area contributed by atoms with Crippen molar-refractivity contribution in [2.24, 2.45) is 0 Å². The smallest absolute Gasteiger partial charge is 0.273 e. The molecule has 0 bridgehead atoms. The minimum atomic E-state index is -0.272. The van der Waals surface area contributed by atoms with E-state index in [4.69, 9.17) is 0 Å². The van der Waals surface area contributed by atoms with Gasteiger partial charge in [-0.25, -0.2) is 4.98 Å². The van der Waals surface area contributed by atoms with Crippen molar-refractivity contribution in [2.75, 3.05) is 18.9 Å². The summed E-state index contributed by atoms with van der Waals surface area (Å²) in [4.78, 5) is 30.9. The minimum Gasteiger partial charge on any atom is -0.331 e. The van der Waals surface area contributed by atoms with E-state index in [1.807, 2.05) is 63.2 Å². The zero-order valence-corrected chi connectivity index (χ0v) is 17.3. The van der Waals surface area contributed by atoms with E-state index in [2.05, 4.69) is 10.3 Å². The summed E-state index contributed by atoms with van der Waals surface area (Å²) >= 11 is 1.42. The number of rotatable bonds is 5. The Morgan fingerprint density at radius 3 is 2.36 bits per heavy atom. The monoisotopic (exact) mass is 393 g/mol. The van der Waals surface area contributed by atoms with Crippen LogP contribution in [0, 0.1) is 20.8 Å². The Hall–Kier alpha value is -2.99. The quantitative estimate of drug-likeness (QED) is 0.697. The summed E-state index contributed by atoms with van der Waals surface area (Å²) in [5.74, 6) is -0.504. The Morgan fingerprint density at radius 2 is 1.71 bits per heavy atom. The van der Waals surface area contributed by atoms with Crippen LogP contribution in [0.1, 0.15) is 27.2 Å². The second-order valence-corrected chi connectivity index (χ2v) is 7.75. The molecule has 2 amide bonds. The molecule has 28 heavy (non-hydrogen) atoms. The van der Waals surface area contributed by atoms with Gasteiger partial charge in [0.25, 0.3) is 5.91 Å².